The van der Waals surface area contributed by atoms with E-state index in [2.05, 4.69) is 0 Å². The lowest BCUT2D eigenvalue weighted by Gasteiger charge is -2.07. The first-order valence-electron chi connectivity index (χ1n) is 6.59. The van der Waals surface area contributed by atoms with Crippen molar-refractivity contribution >= 4 is 11.8 Å². The Bertz CT molecular complexity index is 709. The predicted molar refractivity (Wildman–Crippen MR) is 73.0 cm³/mol. The molecule has 3 rings (SSSR count). The highest BCUT2D eigenvalue weighted by atomic mass is 16.4. The Balaban J connectivity index is 2.09. The van der Waals surface area contributed by atoms with Crippen LogP contribution in [0.15, 0.2) is 24.4 Å². The van der Waals surface area contributed by atoms with Crippen LogP contribution in [0, 0.1) is 6.92 Å². The van der Waals surface area contributed by atoms with E-state index in [-0.39, 0.29) is 5.78 Å². The predicted octanol–water partition coefficient (Wildman–Crippen LogP) is 1.94. The van der Waals surface area contributed by atoms with Gasteiger partial charge < -0.3 is 14.2 Å². The Morgan fingerprint density at radius 2 is 2.15 bits per heavy atom. The monoisotopic (exact) mass is 272 g/mol. The summed E-state index contributed by atoms with van der Waals surface area (Å²) in [6.07, 6.45) is 2.38. The molecule has 104 valence electrons. The highest BCUT2D eigenvalue weighted by Gasteiger charge is 2.33. The van der Waals surface area contributed by atoms with Gasteiger partial charge in [0.2, 0.25) is 5.78 Å². The Morgan fingerprint density at radius 1 is 1.40 bits per heavy atom. The van der Waals surface area contributed by atoms with Crippen LogP contribution in [0.3, 0.4) is 0 Å². The number of carboxylic acids is 1. The van der Waals surface area contributed by atoms with Crippen LogP contribution >= 0.6 is 0 Å². The number of aryl methyl sites for hydroxylation is 2. The largest absolute Gasteiger partial charge is 0.481 e. The van der Waals surface area contributed by atoms with Crippen LogP contribution in [0.4, 0.5) is 0 Å². The Morgan fingerprint density at radius 3 is 2.75 bits per heavy atom. The van der Waals surface area contributed by atoms with Gasteiger partial charge in [0.25, 0.3) is 0 Å². The molecule has 2 aromatic rings. The van der Waals surface area contributed by atoms with Gasteiger partial charge in [-0.25, -0.2) is 0 Å². The van der Waals surface area contributed by atoms with Gasteiger partial charge in [-0.3, -0.25) is 9.59 Å². The minimum absolute atomic E-state index is 0.0488. The van der Waals surface area contributed by atoms with Crippen molar-refractivity contribution < 1.29 is 14.7 Å². The highest BCUT2D eigenvalue weighted by molar-refractivity contribution is 6.08. The fourth-order valence-corrected chi connectivity index (χ4v) is 3.02. The number of hydrogen-bond donors (Lipinski definition) is 1. The normalized spacial score (nSPS) is 17.2. The van der Waals surface area contributed by atoms with E-state index in [0.29, 0.717) is 24.4 Å². The molecular weight excluding hydrogens is 256 g/mol. The number of ketones is 1. The van der Waals surface area contributed by atoms with Gasteiger partial charge in [-0.2, -0.15) is 0 Å². The van der Waals surface area contributed by atoms with Gasteiger partial charge in [0.15, 0.2) is 0 Å². The minimum Gasteiger partial charge on any atom is -0.481 e. The lowest BCUT2D eigenvalue weighted by molar-refractivity contribution is -0.138. The third-order valence-corrected chi connectivity index (χ3v) is 4.01. The molecular formula is C15H16N2O3. The van der Waals surface area contributed by atoms with Crippen LogP contribution in [-0.4, -0.2) is 26.0 Å². The van der Waals surface area contributed by atoms with Crippen LogP contribution in [-0.2, 0) is 18.4 Å². The van der Waals surface area contributed by atoms with E-state index >= 15 is 0 Å². The first-order valence-corrected chi connectivity index (χ1v) is 6.59. The summed E-state index contributed by atoms with van der Waals surface area (Å²) < 4.78 is 3.65. The maximum Gasteiger partial charge on any atom is 0.312 e. The average Bonchev–Trinajstić information content (AvgIpc) is 3.02. The van der Waals surface area contributed by atoms with E-state index in [9.17, 15) is 14.7 Å². The number of fused-ring (bicyclic) bond motifs is 1. The summed E-state index contributed by atoms with van der Waals surface area (Å²) in [5, 5.41) is 9.22. The molecule has 0 bridgehead atoms. The summed E-state index contributed by atoms with van der Waals surface area (Å²) in [5.74, 6) is -1.37. The van der Waals surface area contributed by atoms with Crippen molar-refractivity contribution in [2.45, 2.75) is 25.8 Å². The summed E-state index contributed by atoms with van der Waals surface area (Å²) in [5.41, 5.74) is 2.82. The lowest BCUT2D eigenvalue weighted by atomic mass is 10.0. The van der Waals surface area contributed by atoms with Gasteiger partial charge in [0.05, 0.1) is 17.3 Å². The van der Waals surface area contributed by atoms with Crippen molar-refractivity contribution in [3.8, 4) is 0 Å². The van der Waals surface area contributed by atoms with Crippen LogP contribution in [0.1, 0.15) is 39.8 Å². The van der Waals surface area contributed by atoms with Crippen molar-refractivity contribution in [1.29, 1.82) is 0 Å². The number of nitrogens with zero attached hydrogens (tertiary/aromatic N) is 2. The summed E-state index contributed by atoms with van der Waals surface area (Å²) >= 11 is 0. The smallest absolute Gasteiger partial charge is 0.312 e. The molecule has 0 aliphatic carbocycles. The van der Waals surface area contributed by atoms with Crippen LogP contribution in [0.25, 0.3) is 0 Å². The number of aromatic nitrogens is 2. The van der Waals surface area contributed by atoms with Gasteiger partial charge in [0.1, 0.15) is 0 Å². The molecule has 0 fully saturated rings. The summed E-state index contributed by atoms with van der Waals surface area (Å²) in [4.78, 5) is 23.9. The van der Waals surface area contributed by atoms with Crippen LogP contribution in [0.5, 0.6) is 0 Å². The summed E-state index contributed by atoms with van der Waals surface area (Å²) in [7, 11) is 1.83. The van der Waals surface area contributed by atoms with E-state index in [1.807, 2.05) is 36.9 Å². The molecule has 5 heteroatoms. The van der Waals surface area contributed by atoms with Gasteiger partial charge >= 0.3 is 5.97 Å². The maximum atomic E-state index is 12.7. The molecule has 0 spiro atoms. The molecule has 0 saturated carbocycles. The van der Waals surface area contributed by atoms with E-state index in [4.69, 9.17) is 0 Å². The molecule has 1 atom stereocenters. The first kappa shape index (κ1) is 12.7. The third-order valence-electron chi connectivity index (χ3n) is 4.01. The quantitative estimate of drug-likeness (QED) is 0.868. The number of hydrogen-bond acceptors (Lipinski definition) is 2. The molecule has 0 radical (unpaired) electrons. The van der Waals surface area contributed by atoms with Gasteiger partial charge in [-0.05, 0) is 37.1 Å². The zero-order chi connectivity index (χ0) is 14.4. The number of aliphatic carboxylic acids is 1. The number of carboxylic acid groups (broad SMARTS) is 1. The van der Waals surface area contributed by atoms with Crippen LogP contribution in [0.2, 0.25) is 0 Å². The Kier molecular flexibility index (Phi) is 2.78. The van der Waals surface area contributed by atoms with Crippen molar-refractivity contribution in [3.05, 3.63) is 47.0 Å². The fraction of sp³-hybridized carbons (Fsp3) is 0.333. The number of rotatable bonds is 3. The van der Waals surface area contributed by atoms with Gasteiger partial charge in [0, 0.05) is 25.5 Å². The zero-order valence-corrected chi connectivity index (χ0v) is 11.5. The molecule has 2 aromatic heterocycles. The standard InChI is InChI=1S/C15H16N2O3/c1-9-8-12-10(15(19)20)5-7-17(12)13(9)14(18)11-4-3-6-16(11)2/h3-4,6,8,10H,5,7H2,1-2H3,(H,19,20). The van der Waals surface area contributed by atoms with Crippen molar-refractivity contribution in [2.24, 2.45) is 7.05 Å². The fourth-order valence-electron chi connectivity index (χ4n) is 3.02. The maximum absolute atomic E-state index is 12.7. The molecule has 5 nitrogen and oxygen atoms in total. The Labute approximate surface area is 116 Å². The lowest BCUT2D eigenvalue weighted by Crippen LogP contribution is -2.13. The first-order chi connectivity index (χ1) is 9.50. The molecule has 1 aliphatic rings. The molecule has 0 saturated heterocycles. The van der Waals surface area contributed by atoms with Gasteiger partial charge in [-0.15, -0.1) is 0 Å². The molecule has 0 amide bonds. The highest BCUT2D eigenvalue weighted by Crippen LogP contribution is 2.33. The molecule has 20 heavy (non-hydrogen) atoms. The number of carbonyl (C=O) groups excluding carboxylic acids is 1. The SMILES string of the molecule is Cc1cc2n(c1C(=O)c1cccn1C)CCC2C(=O)O. The molecule has 1 aliphatic heterocycles. The second-order valence-corrected chi connectivity index (χ2v) is 5.27. The molecule has 1 unspecified atom stereocenters. The molecule has 3 heterocycles. The third kappa shape index (κ3) is 1.70. The van der Waals surface area contributed by atoms with Crippen molar-refractivity contribution in [3.63, 3.8) is 0 Å². The second-order valence-electron chi connectivity index (χ2n) is 5.27. The van der Waals surface area contributed by atoms with E-state index in [0.717, 1.165) is 11.3 Å². The molecule has 0 aromatic carbocycles. The second kappa shape index (κ2) is 4.37. The topological polar surface area (TPSA) is 64.2 Å². The number of carbonyl (C=O) groups is 2. The van der Waals surface area contributed by atoms with E-state index in [1.54, 1.807) is 10.6 Å². The van der Waals surface area contributed by atoms with E-state index < -0.39 is 11.9 Å². The van der Waals surface area contributed by atoms with Crippen LogP contribution < -0.4 is 0 Å². The van der Waals surface area contributed by atoms with Gasteiger partial charge in [-0.1, -0.05) is 0 Å². The average molecular weight is 272 g/mol. The van der Waals surface area contributed by atoms with Crippen molar-refractivity contribution in [2.75, 3.05) is 0 Å². The van der Waals surface area contributed by atoms with Crippen molar-refractivity contribution in [1.82, 2.24) is 9.13 Å². The Hall–Kier alpha value is -2.30. The molecule has 1 N–H and O–H groups in total. The van der Waals surface area contributed by atoms with E-state index in [1.165, 1.54) is 0 Å². The summed E-state index contributed by atoms with van der Waals surface area (Å²) in [6, 6.07) is 5.45. The summed E-state index contributed by atoms with van der Waals surface area (Å²) in [6.45, 7) is 2.45. The zero-order valence-electron chi connectivity index (χ0n) is 11.5. The minimum atomic E-state index is -0.820.